The van der Waals surface area contributed by atoms with Crippen LogP contribution in [0, 0.1) is 0 Å². The lowest BCUT2D eigenvalue weighted by Crippen LogP contribution is -1.91. The molecule has 1 N–H and O–H groups in total. The molecule has 0 amide bonds. The van der Waals surface area contributed by atoms with Gasteiger partial charge in [-0.15, -0.1) is 0 Å². The molecule has 0 aromatic heterocycles. The van der Waals surface area contributed by atoms with Gasteiger partial charge >= 0.3 is 0 Å². The molecule has 3 heteroatoms. The molecule has 1 radical (unpaired) electrons. The fourth-order valence-corrected chi connectivity index (χ4v) is 0.910. The molecule has 1 rings (SSSR count). The average Bonchev–Trinajstić information content (AvgIpc) is 1.94. The van der Waals surface area contributed by atoms with Crippen LogP contribution < -0.4 is 5.32 Å². The Morgan fingerprint density at radius 1 is 1.40 bits per heavy atom. The van der Waals surface area contributed by atoms with E-state index in [-0.39, 0.29) is 0 Å². The van der Waals surface area contributed by atoms with E-state index in [4.69, 9.17) is 11.6 Å². The van der Waals surface area contributed by atoms with Gasteiger partial charge in [0.25, 0.3) is 0 Å². The minimum absolute atomic E-state index is 0.653. The van der Waals surface area contributed by atoms with Gasteiger partial charge in [0.15, 0.2) is 0 Å². The van der Waals surface area contributed by atoms with Crippen molar-refractivity contribution in [3.05, 3.63) is 29.3 Å². The molecule has 0 saturated carbocycles. The summed E-state index contributed by atoms with van der Waals surface area (Å²) in [6, 6.07) is 7.36. The smallest absolute Gasteiger partial charge is 0.138 e. The van der Waals surface area contributed by atoms with Crippen molar-refractivity contribution in [1.82, 2.24) is 0 Å². The monoisotopic (exact) mass is 170 g/mol. The molecule has 0 aliphatic carbocycles. The zero-order valence-electron chi connectivity index (χ0n) is 5.10. The first-order valence-corrected chi connectivity index (χ1v) is 3.51. The second-order valence-electron chi connectivity index (χ2n) is 1.71. The number of para-hydroxylation sites is 1. The predicted molar refractivity (Wildman–Crippen MR) is 47.7 cm³/mol. The van der Waals surface area contributed by atoms with Crippen molar-refractivity contribution in [3.8, 4) is 0 Å². The number of thiocarbonyl (C=S) groups is 1. The lowest BCUT2D eigenvalue weighted by molar-refractivity contribution is 1.66. The summed E-state index contributed by atoms with van der Waals surface area (Å²) >= 11 is 10.2. The fraction of sp³-hybridized carbons (Fsp3) is 0. The van der Waals surface area contributed by atoms with Gasteiger partial charge in [-0.25, -0.2) is 0 Å². The van der Waals surface area contributed by atoms with E-state index in [1.54, 1.807) is 6.07 Å². The number of halogens is 1. The van der Waals surface area contributed by atoms with E-state index >= 15 is 0 Å². The molecule has 0 atom stereocenters. The van der Waals surface area contributed by atoms with E-state index in [0.717, 1.165) is 5.69 Å². The predicted octanol–water partition coefficient (Wildman–Crippen LogP) is 2.59. The molecule has 1 nitrogen and oxygen atoms in total. The minimum Gasteiger partial charge on any atom is -0.343 e. The third-order valence-corrected chi connectivity index (χ3v) is 1.49. The number of hydrogen-bond donors (Lipinski definition) is 1. The Morgan fingerprint density at radius 3 is 2.70 bits per heavy atom. The maximum atomic E-state index is 5.75. The van der Waals surface area contributed by atoms with Gasteiger partial charge in [-0.2, -0.15) is 0 Å². The standard InChI is InChI=1S/C7H5ClNS/c8-6-3-1-2-4-7(6)9-5-10/h1-4H,(H,9,10). The normalized spacial score (nSPS) is 8.90. The van der Waals surface area contributed by atoms with Gasteiger partial charge in [0.2, 0.25) is 0 Å². The Hall–Kier alpha value is -0.600. The third kappa shape index (κ3) is 1.69. The van der Waals surface area contributed by atoms with Crippen LogP contribution in [-0.2, 0) is 0 Å². The van der Waals surface area contributed by atoms with Gasteiger partial charge in [-0.05, 0) is 12.1 Å². The van der Waals surface area contributed by atoms with Gasteiger partial charge in [-0.3, -0.25) is 0 Å². The Bertz CT molecular complexity index is 237. The van der Waals surface area contributed by atoms with Gasteiger partial charge in [0.05, 0.1) is 10.7 Å². The molecule has 51 valence electrons. The van der Waals surface area contributed by atoms with E-state index in [9.17, 15) is 0 Å². The van der Waals surface area contributed by atoms with Crippen LogP contribution in [0.1, 0.15) is 0 Å². The minimum atomic E-state index is 0.653. The molecule has 1 aromatic rings. The Kier molecular flexibility index (Phi) is 2.66. The van der Waals surface area contributed by atoms with Gasteiger partial charge in [0, 0.05) is 0 Å². The summed E-state index contributed by atoms with van der Waals surface area (Å²) in [6.07, 6.45) is 0. The van der Waals surface area contributed by atoms with E-state index in [0.29, 0.717) is 5.02 Å². The molecule has 0 aliphatic heterocycles. The topological polar surface area (TPSA) is 12.0 Å². The van der Waals surface area contributed by atoms with Crippen molar-refractivity contribution < 1.29 is 0 Å². The number of anilines is 1. The molecule has 0 aliphatic rings. The molecule has 0 saturated heterocycles. The van der Waals surface area contributed by atoms with Crippen molar-refractivity contribution >= 4 is 35.0 Å². The summed E-state index contributed by atoms with van der Waals surface area (Å²) in [4.78, 5) is 0. The molecule has 0 fully saturated rings. The second-order valence-corrected chi connectivity index (χ2v) is 2.32. The highest BCUT2D eigenvalue weighted by molar-refractivity contribution is 7.79. The summed E-state index contributed by atoms with van der Waals surface area (Å²) < 4.78 is 0. The Balaban J connectivity index is 2.91. The van der Waals surface area contributed by atoms with Crippen LogP contribution >= 0.6 is 23.8 Å². The van der Waals surface area contributed by atoms with Crippen molar-refractivity contribution in [2.24, 2.45) is 0 Å². The maximum absolute atomic E-state index is 5.75. The van der Waals surface area contributed by atoms with Crippen LogP contribution in [0.3, 0.4) is 0 Å². The van der Waals surface area contributed by atoms with E-state index in [1.165, 1.54) is 0 Å². The summed E-state index contributed by atoms with van der Waals surface area (Å²) in [7, 11) is 0. The highest BCUT2D eigenvalue weighted by Crippen LogP contribution is 2.19. The number of nitrogens with one attached hydrogen (secondary N) is 1. The number of benzene rings is 1. The summed E-state index contributed by atoms with van der Waals surface area (Å²) in [5.74, 6) is 0. The van der Waals surface area contributed by atoms with Crippen LogP contribution in [0.25, 0.3) is 0 Å². The van der Waals surface area contributed by atoms with Crippen LogP contribution in [0.15, 0.2) is 24.3 Å². The van der Waals surface area contributed by atoms with Gasteiger partial charge in [-0.1, -0.05) is 36.0 Å². The van der Waals surface area contributed by atoms with E-state index < -0.39 is 0 Å². The molecule has 0 heterocycles. The molecular formula is C7H5ClNS. The van der Waals surface area contributed by atoms with Crippen molar-refractivity contribution in [3.63, 3.8) is 0 Å². The quantitative estimate of drug-likeness (QED) is 0.541. The third-order valence-electron chi connectivity index (χ3n) is 1.06. The second kappa shape index (κ2) is 3.54. The van der Waals surface area contributed by atoms with Crippen LogP contribution in [0.4, 0.5) is 5.69 Å². The molecule has 0 spiro atoms. The molecule has 10 heavy (non-hydrogen) atoms. The fourth-order valence-electron chi connectivity index (χ4n) is 0.618. The van der Waals surface area contributed by atoms with Crippen molar-refractivity contribution in [2.45, 2.75) is 0 Å². The first-order chi connectivity index (χ1) is 4.84. The first kappa shape index (κ1) is 7.51. The number of hydrogen-bond acceptors (Lipinski definition) is 1. The van der Waals surface area contributed by atoms with Gasteiger partial charge < -0.3 is 5.32 Å². The molecule has 0 bridgehead atoms. The maximum Gasteiger partial charge on any atom is 0.138 e. The highest BCUT2D eigenvalue weighted by atomic mass is 35.5. The first-order valence-electron chi connectivity index (χ1n) is 2.72. The molecule has 1 aromatic carbocycles. The van der Waals surface area contributed by atoms with Crippen LogP contribution in [0.5, 0.6) is 0 Å². The SMILES string of the molecule is S=[C]Nc1ccccc1Cl. The largest absolute Gasteiger partial charge is 0.343 e. The lowest BCUT2D eigenvalue weighted by atomic mass is 10.3. The zero-order chi connectivity index (χ0) is 7.40. The van der Waals surface area contributed by atoms with Gasteiger partial charge in [0.1, 0.15) is 5.49 Å². The van der Waals surface area contributed by atoms with Crippen molar-refractivity contribution in [1.29, 1.82) is 0 Å². The summed E-state index contributed by atoms with van der Waals surface area (Å²) in [5.41, 5.74) is 3.16. The zero-order valence-corrected chi connectivity index (χ0v) is 6.67. The molecular weight excluding hydrogens is 166 g/mol. The van der Waals surface area contributed by atoms with E-state index in [2.05, 4.69) is 23.0 Å². The highest BCUT2D eigenvalue weighted by Gasteiger charge is 1.93. The molecule has 0 unspecified atom stereocenters. The average molecular weight is 171 g/mol. The Labute approximate surface area is 70.0 Å². The summed E-state index contributed by atoms with van der Waals surface area (Å²) in [6.45, 7) is 0. The van der Waals surface area contributed by atoms with Crippen molar-refractivity contribution in [2.75, 3.05) is 5.32 Å². The Morgan fingerprint density at radius 2 is 2.10 bits per heavy atom. The van der Waals surface area contributed by atoms with Crippen LogP contribution in [0.2, 0.25) is 5.02 Å². The lowest BCUT2D eigenvalue weighted by Gasteiger charge is -1.98. The van der Waals surface area contributed by atoms with Crippen LogP contribution in [-0.4, -0.2) is 5.49 Å². The van der Waals surface area contributed by atoms with E-state index in [1.807, 2.05) is 18.2 Å². The summed E-state index contributed by atoms with van der Waals surface area (Å²) in [5, 5.41) is 3.36. The number of rotatable bonds is 2.